The zero-order chi connectivity index (χ0) is 24.0. The van der Waals surface area contributed by atoms with Crippen LogP contribution in [0, 0.1) is 9.87 Å². The normalized spacial score (nSPS) is 11.5. The maximum atomic E-state index is 12.7. The summed E-state index contributed by atoms with van der Waals surface area (Å²) in [6.45, 7) is 3.66. The van der Waals surface area contributed by atoms with Crippen molar-refractivity contribution in [1.29, 1.82) is 0 Å². The van der Waals surface area contributed by atoms with Crippen molar-refractivity contribution in [2.24, 2.45) is 5.92 Å². The Labute approximate surface area is 199 Å². The van der Waals surface area contributed by atoms with E-state index in [1.807, 2.05) is 13.8 Å². The first-order valence-corrected chi connectivity index (χ1v) is 11.2. The quantitative estimate of drug-likeness (QED) is 0.359. The van der Waals surface area contributed by atoms with Crippen LogP contribution in [0.4, 0.5) is 10.8 Å². The van der Waals surface area contributed by atoms with Crippen LogP contribution in [0.5, 0.6) is 5.75 Å². The maximum absolute atomic E-state index is 12.7. The summed E-state index contributed by atoms with van der Waals surface area (Å²) in [7, 11) is 1.55. The summed E-state index contributed by atoms with van der Waals surface area (Å²) in [6, 6.07) is 12.3. The number of hydrogen-bond donors (Lipinski definition) is 4. The molecule has 1 heterocycles. The Hall–Kier alpha value is -3.57. The number of carbonyl (C=O) groups is 3. The van der Waals surface area contributed by atoms with Crippen molar-refractivity contribution in [3.05, 3.63) is 63.6 Å². The molecule has 0 unspecified atom stereocenters. The minimum Gasteiger partial charge on any atom is -0.497 e. The fraction of sp³-hybridized carbons (Fsp3) is 0.227. The third-order valence-corrected chi connectivity index (χ3v) is 5.67. The van der Waals surface area contributed by atoms with Gasteiger partial charge in [-0.1, -0.05) is 25.2 Å². The first kappa shape index (κ1) is 24.1. The van der Waals surface area contributed by atoms with Gasteiger partial charge in [-0.3, -0.25) is 24.8 Å². The van der Waals surface area contributed by atoms with Gasteiger partial charge in [0.05, 0.1) is 7.11 Å². The predicted octanol–water partition coefficient (Wildman–Crippen LogP) is 3.85. The molecular weight excluding hydrogens is 462 g/mol. The van der Waals surface area contributed by atoms with Crippen LogP contribution in [0.25, 0.3) is 0 Å². The fourth-order valence-electron chi connectivity index (χ4n) is 2.88. The predicted molar refractivity (Wildman–Crippen MR) is 129 cm³/mol. The van der Waals surface area contributed by atoms with Crippen molar-refractivity contribution in [2.45, 2.75) is 19.9 Å². The van der Waals surface area contributed by atoms with Gasteiger partial charge in [0.1, 0.15) is 11.8 Å². The van der Waals surface area contributed by atoms with Gasteiger partial charge in [-0.15, -0.1) is 5.10 Å². The highest BCUT2D eigenvalue weighted by Gasteiger charge is 2.25. The van der Waals surface area contributed by atoms with E-state index in [9.17, 15) is 14.4 Å². The fourth-order valence-corrected chi connectivity index (χ4v) is 3.67. The summed E-state index contributed by atoms with van der Waals surface area (Å²) >= 11 is 6.09. The maximum Gasteiger partial charge on any atom is 0.255 e. The lowest BCUT2D eigenvalue weighted by molar-refractivity contribution is -0.118. The number of methoxy groups -OCH3 is 1. The molecule has 11 heteroatoms. The van der Waals surface area contributed by atoms with Crippen molar-refractivity contribution in [3.8, 4) is 5.75 Å². The van der Waals surface area contributed by atoms with Crippen LogP contribution < -0.4 is 20.7 Å². The molecule has 3 aromatic rings. The molecule has 0 bridgehead atoms. The first-order chi connectivity index (χ1) is 15.8. The van der Waals surface area contributed by atoms with Gasteiger partial charge in [-0.05, 0) is 66.7 Å². The molecule has 0 aliphatic rings. The van der Waals surface area contributed by atoms with Gasteiger partial charge in [0, 0.05) is 16.8 Å². The van der Waals surface area contributed by atoms with Gasteiger partial charge in [0.15, 0.2) is 3.95 Å². The number of nitrogens with one attached hydrogen (secondary N) is 4. The lowest BCUT2D eigenvalue weighted by Gasteiger charge is -2.21. The largest absolute Gasteiger partial charge is 0.497 e. The Bertz CT molecular complexity index is 1190. The third-order valence-electron chi connectivity index (χ3n) is 4.66. The summed E-state index contributed by atoms with van der Waals surface area (Å²) in [4.78, 5) is 37.7. The highest BCUT2D eigenvalue weighted by molar-refractivity contribution is 7.73. The number of benzene rings is 2. The topological polar surface area (TPSA) is 125 Å². The number of carbonyl (C=O) groups excluding carboxylic acids is 3. The van der Waals surface area contributed by atoms with Crippen LogP contribution >= 0.6 is 23.6 Å². The van der Waals surface area contributed by atoms with Gasteiger partial charge in [-0.2, -0.15) is 0 Å². The molecule has 33 heavy (non-hydrogen) atoms. The van der Waals surface area contributed by atoms with Gasteiger partial charge in [0.2, 0.25) is 11.0 Å². The molecule has 9 nitrogen and oxygen atoms in total. The molecule has 1 aromatic heterocycles. The molecule has 0 aliphatic carbocycles. The van der Waals surface area contributed by atoms with E-state index in [4.69, 9.17) is 17.0 Å². The van der Waals surface area contributed by atoms with E-state index in [0.717, 1.165) is 11.3 Å². The Kier molecular flexibility index (Phi) is 7.91. The van der Waals surface area contributed by atoms with Crippen LogP contribution in [-0.2, 0) is 4.79 Å². The van der Waals surface area contributed by atoms with E-state index < -0.39 is 11.9 Å². The van der Waals surface area contributed by atoms with Crippen LogP contribution in [0.2, 0.25) is 0 Å². The number of aromatic amines is 1. The molecule has 0 spiro atoms. The van der Waals surface area contributed by atoms with E-state index in [0.29, 0.717) is 31.6 Å². The second-order valence-electron chi connectivity index (χ2n) is 7.36. The molecule has 3 amide bonds. The zero-order valence-corrected chi connectivity index (χ0v) is 19.8. The number of amides is 3. The third kappa shape index (κ3) is 6.46. The second kappa shape index (κ2) is 10.8. The molecule has 0 aliphatic heterocycles. The number of H-pyrrole nitrogens is 1. The smallest absolute Gasteiger partial charge is 0.255 e. The highest BCUT2D eigenvalue weighted by Crippen LogP contribution is 2.16. The van der Waals surface area contributed by atoms with Crippen molar-refractivity contribution in [1.82, 2.24) is 15.5 Å². The molecule has 0 saturated carbocycles. The van der Waals surface area contributed by atoms with Crippen LogP contribution in [-0.4, -0.2) is 41.1 Å². The number of hydrogen-bond acceptors (Lipinski definition) is 7. The summed E-state index contributed by atoms with van der Waals surface area (Å²) in [5, 5.41) is 15.0. The van der Waals surface area contributed by atoms with Gasteiger partial charge < -0.3 is 15.4 Å². The Morgan fingerprint density at radius 3 is 2.12 bits per heavy atom. The molecule has 0 fully saturated rings. The average Bonchev–Trinajstić information content (AvgIpc) is 3.21. The van der Waals surface area contributed by atoms with Crippen LogP contribution in [0.3, 0.4) is 0 Å². The molecule has 3 rings (SSSR count). The van der Waals surface area contributed by atoms with Crippen molar-refractivity contribution < 1.29 is 19.1 Å². The first-order valence-electron chi connectivity index (χ1n) is 9.99. The van der Waals surface area contributed by atoms with E-state index in [-0.39, 0.29) is 17.7 Å². The molecule has 2 aromatic carbocycles. The molecule has 0 saturated heterocycles. The second-order valence-corrected chi connectivity index (χ2v) is 9.03. The summed E-state index contributed by atoms with van der Waals surface area (Å²) < 4.78 is 5.53. The molecule has 1 atom stereocenters. The van der Waals surface area contributed by atoms with Crippen molar-refractivity contribution in [3.63, 3.8) is 0 Å². The molecule has 172 valence electrons. The molecule has 4 N–H and O–H groups in total. The lowest BCUT2D eigenvalue weighted by Crippen LogP contribution is -2.47. The summed E-state index contributed by atoms with van der Waals surface area (Å²) in [5.74, 6) is -0.589. The van der Waals surface area contributed by atoms with Gasteiger partial charge in [-0.25, -0.2) is 0 Å². The van der Waals surface area contributed by atoms with E-state index in [1.54, 1.807) is 55.6 Å². The number of anilines is 2. The monoisotopic (exact) mass is 485 g/mol. The number of aromatic nitrogens is 2. The van der Waals surface area contributed by atoms with E-state index in [2.05, 4.69) is 26.1 Å². The number of ether oxygens (including phenoxy) is 1. The minimum atomic E-state index is -0.774. The lowest BCUT2D eigenvalue weighted by atomic mass is 10.0. The SMILES string of the molecule is COc1ccc(C(=O)Nc2ccc(C(=O)N[C@H](C(=O)Nc3n[nH]c(=S)s3)C(C)C)cc2)cc1. The standard InChI is InChI=1S/C22H23N5O4S2/c1-12(2)17(20(30)25-21-26-27-22(32)33-21)24-19(29)13-4-8-15(9-5-13)23-18(28)14-6-10-16(31-3)11-7-14/h4-12,17H,1-3H3,(H,23,28)(H,24,29)(H,27,32)(H,25,26,30)/t17-/m0/s1. The zero-order valence-electron chi connectivity index (χ0n) is 18.2. The highest BCUT2D eigenvalue weighted by atomic mass is 32.1. The van der Waals surface area contributed by atoms with Crippen molar-refractivity contribution in [2.75, 3.05) is 17.7 Å². The molecular formula is C22H23N5O4S2. The van der Waals surface area contributed by atoms with Crippen LogP contribution in [0.1, 0.15) is 34.6 Å². The summed E-state index contributed by atoms with van der Waals surface area (Å²) in [5.41, 5.74) is 1.36. The van der Waals surface area contributed by atoms with Crippen LogP contribution in [0.15, 0.2) is 48.5 Å². The van der Waals surface area contributed by atoms with Gasteiger partial charge >= 0.3 is 0 Å². The van der Waals surface area contributed by atoms with E-state index >= 15 is 0 Å². The number of nitrogens with zero attached hydrogens (tertiary/aromatic N) is 1. The minimum absolute atomic E-state index is 0.163. The average molecular weight is 486 g/mol. The number of rotatable bonds is 8. The van der Waals surface area contributed by atoms with Crippen molar-refractivity contribution >= 4 is 52.1 Å². The Balaban J connectivity index is 1.62. The Morgan fingerprint density at radius 1 is 0.970 bits per heavy atom. The Morgan fingerprint density at radius 2 is 1.58 bits per heavy atom. The van der Waals surface area contributed by atoms with E-state index in [1.165, 1.54) is 0 Å². The summed E-state index contributed by atoms with van der Waals surface area (Å²) in [6.07, 6.45) is 0. The molecule has 0 radical (unpaired) electrons. The van der Waals surface area contributed by atoms with Gasteiger partial charge in [0.25, 0.3) is 11.8 Å².